The molecule has 1 N–H and O–H groups in total. The van der Waals surface area contributed by atoms with Crippen molar-refractivity contribution in [3.05, 3.63) is 132 Å². The van der Waals surface area contributed by atoms with Crippen molar-refractivity contribution >= 4 is 51.0 Å². The van der Waals surface area contributed by atoms with E-state index in [-0.39, 0.29) is 11.2 Å². The number of thiazole rings is 1. The van der Waals surface area contributed by atoms with Crippen LogP contribution < -0.4 is 5.32 Å². The molecular weight excluding hydrogens is 456 g/mol. The van der Waals surface area contributed by atoms with Crippen LogP contribution in [-0.4, -0.2) is 10.9 Å². The summed E-state index contributed by atoms with van der Waals surface area (Å²) in [4.78, 5) is 17.2. The number of thioether (sulfide) groups is 1. The van der Waals surface area contributed by atoms with Gasteiger partial charge in [0.05, 0.1) is 15.5 Å². The molecule has 4 aromatic carbocycles. The van der Waals surface area contributed by atoms with Gasteiger partial charge in [0.1, 0.15) is 0 Å². The second-order valence-electron chi connectivity index (χ2n) is 7.71. The molecule has 1 amide bonds. The minimum Gasteiger partial charge on any atom is -0.322 e. The number of carbonyl (C=O) groups excluding carboxylic acids is 1. The molecular formula is C29H22N2OS2. The van der Waals surface area contributed by atoms with E-state index >= 15 is 0 Å². The second kappa shape index (κ2) is 10.5. The van der Waals surface area contributed by atoms with Gasteiger partial charge in [0.15, 0.2) is 4.34 Å². The summed E-state index contributed by atoms with van der Waals surface area (Å²) in [6.45, 7) is 0. The number of aromatic nitrogens is 1. The van der Waals surface area contributed by atoms with E-state index in [4.69, 9.17) is 4.98 Å². The molecule has 3 nitrogen and oxygen atoms in total. The van der Waals surface area contributed by atoms with E-state index in [2.05, 4.69) is 53.8 Å². The Morgan fingerprint density at radius 2 is 1.44 bits per heavy atom. The van der Waals surface area contributed by atoms with E-state index in [0.29, 0.717) is 0 Å². The Labute approximate surface area is 207 Å². The molecule has 0 aliphatic rings. The average Bonchev–Trinajstić information content (AvgIpc) is 3.29. The monoisotopic (exact) mass is 478 g/mol. The highest BCUT2D eigenvalue weighted by Gasteiger charge is 2.18. The number of fused-ring (bicyclic) bond motifs is 1. The lowest BCUT2D eigenvalue weighted by Crippen LogP contribution is -2.07. The third-order valence-corrected chi connectivity index (χ3v) is 7.71. The molecule has 0 saturated carbocycles. The largest absolute Gasteiger partial charge is 0.322 e. The quantitative estimate of drug-likeness (QED) is 0.191. The molecule has 0 saturated heterocycles. The van der Waals surface area contributed by atoms with E-state index < -0.39 is 0 Å². The summed E-state index contributed by atoms with van der Waals surface area (Å²) in [6.07, 6.45) is 3.36. The maximum absolute atomic E-state index is 12.4. The third-order valence-electron chi connectivity index (χ3n) is 5.29. The smallest absolute Gasteiger partial charge is 0.248 e. The summed E-state index contributed by atoms with van der Waals surface area (Å²) in [6, 6.07) is 36.7. The van der Waals surface area contributed by atoms with Gasteiger partial charge in [0, 0.05) is 11.8 Å². The van der Waals surface area contributed by atoms with Crippen LogP contribution in [0.4, 0.5) is 5.69 Å². The standard InChI is InChI=1S/C29H22N2OS2/c32-27(19-16-21-10-4-1-5-11-21)30-24-17-18-25-26(20-24)33-29(31-25)34-28(22-12-6-2-7-13-22)23-14-8-3-9-15-23/h1-20,28H,(H,30,32)/b19-16-. The molecule has 34 heavy (non-hydrogen) atoms. The Morgan fingerprint density at radius 1 is 0.824 bits per heavy atom. The van der Waals surface area contributed by atoms with Gasteiger partial charge in [-0.2, -0.15) is 0 Å². The van der Waals surface area contributed by atoms with Gasteiger partial charge in [-0.1, -0.05) is 103 Å². The zero-order valence-electron chi connectivity index (χ0n) is 18.3. The molecule has 1 heterocycles. The Kier molecular flexibility index (Phi) is 6.84. The first kappa shape index (κ1) is 22.1. The normalized spacial score (nSPS) is 11.3. The lowest BCUT2D eigenvalue weighted by atomic mass is 10.0. The van der Waals surface area contributed by atoms with Crippen molar-refractivity contribution in [1.29, 1.82) is 0 Å². The molecule has 1 aromatic heterocycles. The zero-order chi connectivity index (χ0) is 23.2. The highest BCUT2D eigenvalue weighted by Crippen LogP contribution is 2.43. The first-order valence-corrected chi connectivity index (χ1v) is 12.7. The zero-order valence-corrected chi connectivity index (χ0v) is 19.9. The molecule has 0 spiro atoms. The number of benzene rings is 4. The van der Waals surface area contributed by atoms with Crippen LogP contribution in [0.5, 0.6) is 0 Å². The predicted octanol–water partition coefficient (Wildman–Crippen LogP) is 7.83. The van der Waals surface area contributed by atoms with Crippen LogP contribution >= 0.6 is 23.1 Å². The number of nitrogens with one attached hydrogen (secondary N) is 1. The summed E-state index contributed by atoms with van der Waals surface area (Å²) in [5, 5.41) is 3.11. The van der Waals surface area contributed by atoms with Crippen LogP contribution in [0.25, 0.3) is 16.3 Å². The highest BCUT2D eigenvalue weighted by molar-refractivity contribution is 8.01. The fourth-order valence-corrected chi connectivity index (χ4v) is 6.06. The number of nitrogens with zero attached hydrogens (tertiary/aromatic N) is 1. The van der Waals surface area contributed by atoms with Gasteiger partial charge >= 0.3 is 0 Å². The summed E-state index contributed by atoms with van der Waals surface area (Å²) in [7, 11) is 0. The van der Waals surface area contributed by atoms with Crippen LogP contribution in [0, 0.1) is 0 Å². The lowest BCUT2D eigenvalue weighted by Gasteiger charge is -2.16. The molecule has 0 radical (unpaired) electrons. The van der Waals surface area contributed by atoms with Crippen molar-refractivity contribution in [3.8, 4) is 0 Å². The number of amides is 1. The van der Waals surface area contributed by atoms with Crippen molar-refractivity contribution < 1.29 is 4.79 Å². The van der Waals surface area contributed by atoms with E-state index in [1.165, 1.54) is 11.1 Å². The van der Waals surface area contributed by atoms with E-state index in [9.17, 15) is 4.79 Å². The van der Waals surface area contributed by atoms with Gasteiger partial charge in [-0.25, -0.2) is 4.98 Å². The van der Waals surface area contributed by atoms with E-state index in [0.717, 1.165) is 25.8 Å². The van der Waals surface area contributed by atoms with Crippen molar-refractivity contribution in [2.45, 2.75) is 9.59 Å². The van der Waals surface area contributed by atoms with Crippen molar-refractivity contribution in [2.75, 3.05) is 5.32 Å². The number of hydrogen-bond acceptors (Lipinski definition) is 4. The Morgan fingerprint density at radius 3 is 2.09 bits per heavy atom. The Hall–Kier alpha value is -3.67. The minimum atomic E-state index is -0.157. The molecule has 0 fully saturated rings. The van der Waals surface area contributed by atoms with Gasteiger partial charge in [0.25, 0.3) is 0 Å². The number of anilines is 1. The molecule has 5 aromatic rings. The molecule has 166 valence electrons. The average molecular weight is 479 g/mol. The third kappa shape index (κ3) is 5.45. The SMILES string of the molecule is O=C(/C=C\c1ccccc1)Nc1ccc2nc(SC(c3ccccc3)c3ccccc3)sc2c1. The van der Waals surface area contributed by atoms with E-state index in [1.54, 1.807) is 29.2 Å². The predicted molar refractivity (Wildman–Crippen MR) is 144 cm³/mol. The van der Waals surface area contributed by atoms with Gasteiger partial charge in [-0.15, -0.1) is 11.3 Å². The Bertz CT molecular complexity index is 1370. The van der Waals surface area contributed by atoms with Crippen LogP contribution in [0.15, 0.2) is 120 Å². The summed E-state index contributed by atoms with van der Waals surface area (Å²) in [5.74, 6) is -0.157. The van der Waals surface area contributed by atoms with Gasteiger partial charge in [-0.3, -0.25) is 4.79 Å². The van der Waals surface area contributed by atoms with Crippen LogP contribution in [0.3, 0.4) is 0 Å². The first-order chi connectivity index (χ1) is 16.7. The van der Waals surface area contributed by atoms with Crippen molar-refractivity contribution in [3.63, 3.8) is 0 Å². The lowest BCUT2D eigenvalue weighted by molar-refractivity contribution is -0.111. The molecule has 0 unspecified atom stereocenters. The van der Waals surface area contributed by atoms with Gasteiger partial charge in [-0.05, 0) is 41.0 Å². The fraction of sp³-hybridized carbons (Fsp3) is 0.0345. The second-order valence-corrected chi connectivity index (χ2v) is 10.1. The van der Waals surface area contributed by atoms with Crippen LogP contribution in [0.1, 0.15) is 21.9 Å². The van der Waals surface area contributed by atoms with Crippen molar-refractivity contribution in [2.24, 2.45) is 0 Å². The van der Waals surface area contributed by atoms with Gasteiger partial charge in [0.2, 0.25) is 5.91 Å². The van der Waals surface area contributed by atoms with E-state index in [1.807, 2.05) is 66.7 Å². The Balaban J connectivity index is 1.35. The molecule has 0 atom stereocenters. The van der Waals surface area contributed by atoms with Crippen LogP contribution in [0.2, 0.25) is 0 Å². The molecule has 0 bridgehead atoms. The number of rotatable bonds is 7. The maximum Gasteiger partial charge on any atom is 0.248 e. The summed E-state index contributed by atoms with van der Waals surface area (Å²) < 4.78 is 2.05. The molecule has 0 aliphatic carbocycles. The van der Waals surface area contributed by atoms with Crippen molar-refractivity contribution in [1.82, 2.24) is 4.98 Å². The first-order valence-electron chi connectivity index (χ1n) is 11.0. The minimum absolute atomic E-state index is 0.157. The highest BCUT2D eigenvalue weighted by atomic mass is 32.2. The fourth-order valence-electron chi connectivity index (χ4n) is 3.64. The number of hydrogen-bond donors (Lipinski definition) is 1. The summed E-state index contributed by atoms with van der Waals surface area (Å²) >= 11 is 3.40. The molecule has 5 rings (SSSR count). The van der Waals surface area contributed by atoms with Crippen LogP contribution in [-0.2, 0) is 4.79 Å². The van der Waals surface area contributed by atoms with Gasteiger partial charge < -0.3 is 5.32 Å². The number of carbonyl (C=O) groups is 1. The molecule has 0 aliphatic heterocycles. The topological polar surface area (TPSA) is 42.0 Å². The maximum atomic E-state index is 12.4. The molecule has 5 heteroatoms. The summed E-state index contributed by atoms with van der Waals surface area (Å²) in [5.41, 5.74) is 5.18.